The molecule has 0 aliphatic carbocycles. The summed E-state index contributed by atoms with van der Waals surface area (Å²) >= 11 is 0. The topological polar surface area (TPSA) is 73.2 Å². The molecule has 3 rings (SSSR count). The molecule has 168 valence electrons. The van der Waals surface area contributed by atoms with Crippen LogP contribution in [0.5, 0.6) is 11.6 Å². The number of halogens is 3. The first-order valence-electron chi connectivity index (χ1n) is 10.1. The second-order valence-electron chi connectivity index (χ2n) is 7.04. The van der Waals surface area contributed by atoms with Gasteiger partial charge < -0.3 is 25.0 Å². The van der Waals surface area contributed by atoms with Gasteiger partial charge in [-0.2, -0.15) is 13.2 Å². The van der Waals surface area contributed by atoms with Crippen LogP contribution in [0.25, 0.3) is 0 Å². The fraction of sp³-hybridized carbons (Fsp3) is 0.429. The summed E-state index contributed by atoms with van der Waals surface area (Å²) in [5.41, 5.74) is 1.52. The number of benzene rings is 1. The van der Waals surface area contributed by atoms with Gasteiger partial charge in [0.2, 0.25) is 5.88 Å². The first-order valence-corrected chi connectivity index (χ1v) is 10.1. The summed E-state index contributed by atoms with van der Waals surface area (Å²) in [7, 11) is 0. The number of pyridine rings is 1. The van der Waals surface area contributed by atoms with Crippen LogP contribution in [0.1, 0.15) is 12.5 Å². The van der Waals surface area contributed by atoms with Gasteiger partial charge in [0.1, 0.15) is 5.75 Å². The third-order valence-electron chi connectivity index (χ3n) is 4.73. The number of guanidine groups is 1. The Kier molecular flexibility index (Phi) is 7.43. The smallest absolute Gasteiger partial charge is 0.422 e. The molecule has 1 aromatic carbocycles. The maximum atomic E-state index is 12.3. The molecule has 1 saturated heterocycles. The third kappa shape index (κ3) is 6.66. The number of hydrogen-bond donors (Lipinski definition) is 2. The highest BCUT2D eigenvalue weighted by Gasteiger charge is 2.28. The zero-order valence-corrected chi connectivity index (χ0v) is 17.3. The summed E-state index contributed by atoms with van der Waals surface area (Å²) in [6.45, 7) is 4.47. The summed E-state index contributed by atoms with van der Waals surface area (Å²) in [5.74, 6) is 0.915. The van der Waals surface area contributed by atoms with E-state index in [0.717, 1.165) is 37.8 Å². The number of phenolic OH excluding ortho intramolecular Hbond substituents is 1. The number of aliphatic imine (C=N–C) groups is 1. The molecule has 0 saturated carbocycles. The molecule has 2 heterocycles. The van der Waals surface area contributed by atoms with E-state index in [4.69, 9.17) is 4.74 Å². The number of ether oxygens (including phenoxy) is 1. The maximum absolute atomic E-state index is 12.3. The van der Waals surface area contributed by atoms with Gasteiger partial charge in [-0.1, -0.05) is 12.1 Å². The molecule has 0 atom stereocenters. The fourth-order valence-electron chi connectivity index (χ4n) is 3.27. The summed E-state index contributed by atoms with van der Waals surface area (Å²) < 4.78 is 41.7. The fourth-order valence-corrected chi connectivity index (χ4v) is 3.27. The standard InChI is InChI=1S/C21H26F3N5O2/c1-2-25-20(27-14-16-7-8-26-19(13-16)31-15-21(22,23)24)29-11-9-28(10-12-29)17-5-3-4-6-18(17)30/h3-8,13,30H,2,9-12,14-15H2,1H3,(H,25,27). The molecule has 0 bridgehead atoms. The molecule has 1 aromatic heterocycles. The van der Waals surface area contributed by atoms with E-state index in [1.54, 1.807) is 18.2 Å². The van der Waals surface area contributed by atoms with Gasteiger partial charge in [0.05, 0.1) is 12.2 Å². The number of rotatable bonds is 6. The number of para-hydroxylation sites is 2. The second kappa shape index (κ2) is 10.2. The molecule has 10 heteroatoms. The van der Waals surface area contributed by atoms with Crippen LogP contribution in [0.15, 0.2) is 47.6 Å². The molecule has 1 aliphatic rings. The maximum Gasteiger partial charge on any atom is 0.422 e. The summed E-state index contributed by atoms with van der Waals surface area (Å²) in [6.07, 6.45) is -3.00. The Balaban J connectivity index is 1.61. The molecular formula is C21H26F3N5O2. The second-order valence-corrected chi connectivity index (χ2v) is 7.04. The van der Waals surface area contributed by atoms with Crippen LogP contribution >= 0.6 is 0 Å². The summed E-state index contributed by atoms with van der Waals surface area (Å²) in [5, 5.41) is 13.3. The van der Waals surface area contributed by atoms with Crippen LogP contribution in [0, 0.1) is 0 Å². The lowest BCUT2D eigenvalue weighted by Gasteiger charge is -2.37. The van der Waals surface area contributed by atoms with E-state index >= 15 is 0 Å². The number of aromatic hydroxyl groups is 1. The van der Waals surface area contributed by atoms with Crippen LogP contribution in [0.4, 0.5) is 18.9 Å². The van der Waals surface area contributed by atoms with Gasteiger partial charge in [0, 0.05) is 45.0 Å². The summed E-state index contributed by atoms with van der Waals surface area (Å²) in [4.78, 5) is 12.7. The van der Waals surface area contributed by atoms with Crippen LogP contribution in [-0.4, -0.2) is 66.5 Å². The molecule has 0 radical (unpaired) electrons. The lowest BCUT2D eigenvalue weighted by molar-refractivity contribution is -0.154. The molecular weight excluding hydrogens is 411 g/mol. The van der Waals surface area contributed by atoms with E-state index in [1.807, 2.05) is 19.1 Å². The SMILES string of the molecule is CCNC(=NCc1ccnc(OCC(F)(F)F)c1)N1CCN(c2ccccc2O)CC1. The predicted octanol–water partition coefficient (Wildman–Crippen LogP) is 3.02. The van der Waals surface area contributed by atoms with Gasteiger partial charge >= 0.3 is 6.18 Å². The molecule has 0 spiro atoms. The highest BCUT2D eigenvalue weighted by Crippen LogP contribution is 2.27. The molecule has 7 nitrogen and oxygen atoms in total. The van der Waals surface area contributed by atoms with Crippen LogP contribution in [0.3, 0.4) is 0 Å². The van der Waals surface area contributed by atoms with Crippen LogP contribution in [-0.2, 0) is 6.54 Å². The van der Waals surface area contributed by atoms with Crippen molar-refractivity contribution in [2.45, 2.75) is 19.6 Å². The average Bonchev–Trinajstić information content (AvgIpc) is 2.76. The highest BCUT2D eigenvalue weighted by molar-refractivity contribution is 5.80. The van der Waals surface area contributed by atoms with Crippen molar-refractivity contribution >= 4 is 11.6 Å². The van der Waals surface area contributed by atoms with Crippen LogP contribution < -0.4 is 15.0 Å². The van der Waals surface area contributed by atoms with Crippen molar-refractivity contribution in [1.29, 1.82) is 0 Å². The molecule has 31 heavy (non-hydrogen) atoms. The van der Waals surface area contributed by atoms with Gasteiger partial charge in [-0.25, -0.2) is 9.98 Å². The van der Waals surface area contributed by atoms with Gasteiger partial charge in [0.15, 0.2) is 12.6 Å². The van der Waals surface area contributed by atoms with Crippen molar-refractivity contribution in [2.75, 3.05) is 44.2 Å². The Morgan fingerprint density at radius 3 is 2.61 bits per heavy atom. The van der Waals surface area contributed by atoms with Gasteiger partial charge in [-0.3, -0.25) is 0 Å². The van der Waals surface area contributed by atoms with E-state index in [2.05, 4.69) is 25.1 Å². The molecule has 2 N–H and O–H groups in total. The number of phenols is 1. The van der Waals surface area contributed by atoms with E-state index in [1.165, 1.54) is 12.3 Å². The lowest BCUT2D eigenvalue weighted by atomic mass is 10.2. The Bertz CT molecular complexity index is 883. The van der Waals surface area contributed by atoms with Crippen molar-refractivity contribution < 1.29 is 23.0 Å². The third-order valence-corrected chi connectivity index (χ3v) is 4.73. The number of anilines is 1. The Hall–Kier alpha value is -3.17. The van der Waals surface area contributed by atoms with Crippen molar-refractivity contribution in [3.05, 3.63) is 48.2 Å². The minimum absolute atomic E-state index is 0.0775. The van der Waals surface area contributed by atoms with Crippen LogP contribution in [0.2, 0.25) is 0 Å². The van der Waals surface area contributed by atoms with Crippen molar-refractivity contribution in [3.8, 4) is 11.6 Å². The molecule has 2 aromatic rings. The Morgan fingerprint density at radius 2 is 1.94 bits per heavy atom. The number of piperazine rings is 1. The quantitative estimate of drug-likeness (QED) is 0.535. The zero-order valence-electron chi connectivity index (χ0n) is 17.3. The number of alkyl halides is 3. The van der Waals surface area contributed by atoms with Gasteiger partial charge in [0.25, 0.3) is 0 Å². The Labute approximate surface area is 179 Å². The van der Waals surface area contributed by atoms with E-state index in [9.17, 15) is 18.3 Å². The predicted molar refractivity (Wildman–Crippen MR) is 112 cm³/mol. The number of aromatic nitrogens is 1. The van der Waals surface area contributed by atoms with Crippen molar-refractivity contribution in [1.82, 2.24) is 15.2 Å². The number of nitrogens with one attached hydrogen (secondary N) is 1. The number of nitrogens with zero attached hydrogens (tertiary/aromatic N) is 4. The normalized spacial score (nSPS) is 15.2. The monoisotopic (exact) mass is 437 g/mol. The van der Waals surface area contributed by atoms with E-state index < -0.39 is 12.8 Å². The van der Waals surface area contributed by atoms with Crippen molar-refractivity contribution in [2.24, 2.45) is 4.99 Å². The zero-order chi connectivity index (χ0) is 22.3. The molecule has 1 fully saturated rings. The first kappa shape index (κ1) is 22.5. The van der Waals surface area contributed by atoms with E-state index in [0.29, 0.717) is 12.1 Å². The molecule has 0 amide bonds. The average molecular weight is 437 g/mol. The molecule has 1 aliphatic heterocycles. The number of hydrogen-bond acceptors (Lipinski definition) is 5. The highest BCUT2D eigenvalue weighted by atomic mass is 19.4. The lowest BCUT2D eigenvalue weighted by Crippen LogP contribution is -2.52. The van der Waals surface area contributed by atoms with Gasteiger partial charge in [-0.15, -0.1) is 0 Å². The first-order chi connectivity index (χ1) is 14.9. The Morgan fingerprint density at radius 1 is 1.19 bits per heavy atom. The van der Waals surface area contributed by atoms with Gasteiger partial charge in [-0.05, 0) is 30.7 Å². The summed E-state index contributed by atoms with van der Waals surface area (Å²) in [6, 6.07) is 10.4. The largest absolute Gasteiger partial charge is 0.506 e. The van der Waals surface area contributed by atoms with E-state index in [-0.39, 0.29) is 18.2 Å². The van der Waals surface area contributed by atoms with Crippen molar-refractivity contribution in [3.63, 3.8) is 0 Å². The minimum atomic E-state index is -4.41. The molecule has 0 unspecified atom stereocenters. The minimum Gasteiger partial charge on any atom is -0.506 e.